The number of hydrogen-bond donors (Lipinski definition) is 0. The lowest BCUT2D eigenvalue weighted by Gasteiger charge is -2.27. The number of anilines is 1. The van der Waals surface area contributed by atoms with Crippen LogP contribution in [0.25, 0.3) is 0 Å². The van der Waals surface area contributed by atoms with E-state index in [1.165, 1.54) is 61.3 Å². The van der Waals surface area contributed by atoms with E-state index in [2.05, 4.69) is 74.3 Å². The number of ether oxygens (including phenoxy) is 1. The number of benzene rings is 2. The normalized spacial score (nSPS) is 16.2. The first-order valence-electron chi connectivity index (χ1n) is 9.16. The Labute approximate surface area is 152 Å². The van der Waals surface area contributed by atoms with E-state index in [1.807, 2.05) is 0 Å². The smallest absolute Gasteiger partial charge is 0.199 e. The van der Waals surface area contributed by atoms with Gasteiger partial charge in [0.2, 0.25) is 0 Å². The van der Waals surface area contributed by atoms with Crippen LogP contribution in [-0.4, -0.2) is 7.05 Å². The van der Waals surface area contributed by atoms with Crippen LogP contribution in [0.15, 0.2) is 0 Å². The van der Waals surface area contributed by atoms with Crippen molar-refractivity contribution in [2.24, 2.45) is 0 Å². The fourth-order valence-corrected chi connectivity index (χ4v) is 4.29. The summed E-state index contributed by atoms with van der Waals surface area (Å²) in [6, 6.07) is 0. The summed E-state index contributed by atoms with van der Waals surface area (Å²) in [5, 5.41) is 0. The molecule has 0 saturated carbocycles. The molecule has 0 amide bonds. The predicted molar refractivity (Wildman–Crippen MR) is 107 cm³/mol. The van der Waals surface area contributed by atoms with Gasteiger partial charge >= 0.3 is 0 Å². The van der Waals surface area contributed by atoms with Crippen LogP contribution in [0.3, 0.4) is 0 Å². The van der Waals surface area contributed by atoms with E-state index in [-0.39, 0.29) is 6.23 Å². The molecule has 2 aromatic carbocycles. The molecule has 1 heterocycles. The fourth-order valence-electron chi connectivity index (χ4n) is 4.29. The zero-order chi connectivity index (χ0) is 18.8. The second kappa shape index (κ2) is 5.79. The Morgan fingerprint density at radius 1 is 0.560 bits per heavy atom. The Morgan fingerprint density at radius 3 is 1.48 bits per heavy atom. The van der Waals surface area contributed by atoms with E-state index in [1.54, 1.807) is 0 Å². The average molecular weight is 338 g/mol. The summed E-state index contributed by atoms with van der Waals surface area (Å²) in [6.07, 6.45) is -0.0494. The molecule has 134 valence electrons. The van der Waals surface area contributed by atoms with Gasteiger partial charge in [0.1, 0.15) is 5.75 Å². The van der Waals surface area contributed by atoms with Crippen LogP contribution in [0.4, 0.5) is 5.69 Å². The third kappa shape index (κ3) is 2.30. The molecule has 2 heteroatoms. The van der Waals surface area contributed by atoms with Crippen molar-refractivity contribution in [3.05, 3.63) is 55.6 Å². The minimum absolute atomic E-state index is 0.0494. The number of hydrogen-bond acceptors (Lipinski definition) is 2. The molecular formula is C23H31NO. The highest BCUT2D eigenvalue weighted by Gasteiger charge is 2.36. The highest BCUT2D eigenvalue weighted by atomic mass is 16.5. The summed E-state index contributed by atoms with van der Waals surface area (Å²) in [5.74, 6) is 1.06. The van der Waals surface area contributed by atoms with Crippen molar-refractivity contribution < 1.29 is 4.74 Å². The molecule has 1 aliphatic rings. The van der Waals surface area contributed by atoms with Gasteiger partial charge < -0.3 is 9.64 Å². The van der Waals surface area contributed by atoms with Crippen molar-refractivity contribution in [2.75, 3.05) is 11.9 Å². The lowest BCUT2D eigenvalue weighted by Crippen LogP contribution is -2.25. The molecule has 1 atom stereocenters. The van der Waals surface area contributed by atoms with Crippen LogP contribution in [0, 0.1) is 62.3 Å². The Kier molecular flexibility index (Phi) is 4.14. The van der Waals surface area contributed by atoms with Gasteiger partial charge in [-0.05, 0) is 112 Å². The van der Waals surface area contributed by atoms with Gasteiger partial charge in [-0.15, -0.1) is 0 Å². The molecule has 0 aromatic heterocycles. The lowest BCUT2D eigenvalue weighted by atomic mass is 9.88. The second-order valence-electron chi connectivity index (χ2n) is 7.80. The van der Waals surface area contributed by atoms with Gasteiger partial charge in [0.05, 0.1) is 5.69 Å². The van der Waals surface area contributed by atoms with Crippen molar-refractivity contribution in [3.8, 4) is 5.75 Å². The van der Waals surface area contributed by atoms with E-state index in [9.17, 15) is 0 Å². The predicted octanol–water partition coefficient (Wildman–Crippen LogP) is 5.99. The van der Waals surface area contributed by atoms with Crippen molar-refractivity contribution in [2.45, 2.75) is 68.5 Å². The molecule has 0 radical (unpaired) electrons. The van der Waals surface area contributed by atoms with Crippen LogP contribution in [0.5, 0.6) is 5.75 Å². The molecule has 0 N–H and O–H groups in total. The number of fused-ring (bicyclic) bond motifs is 1. The van der Waals surface area contributed by atoms with Gasteiger partial charge in [-0.3, -0.25) is 0 Å². The Hall–Kier alpha value is -1.96. The minimum Gasteiger partial charge on any atom is -0.464 e. The third-order valence-electron chi connectivity index (χ3n) is 6.84. The van der Waals surface area contributed by atoms with Gasteiger partial charge in [0.15, 0.2) is 6.23 Å². The number of rotatable bonds is 1. The second-order valence-corrected chi connectivity index (χ2v) is 7.80. The summed E-state index contributed by atoms with van der Waals surface area (Å²) in [5.41, 5.74) is 14.8. The molecule has 2 nitrogen and oxygen atoms in total. The van der Waals surface area contributed by atoms with Gasteiger partial charge in [-0.1, -0.05) is 0 Å². The third-order valence-corrected chi connectivity index (χ3v) is 6.84. The summed E-state index contributed by atoms with van der Waals surface area (Å²) in [6.45, 7) is 20.0. The van der Waals surface area contributed by atoms with Crippen molar-refractivity contribution in [3.63, 3.8) is 0 Å². The minimum atomic E-state index is -0.0494. The van der Waals surface area contributed by atoms with Crippen LogP contribution in [0.1, 0.15) is 61.9 Å². The first-order valence-corrected chi connectivity index (χ1v) is 9.16. The van der Waals surface area contributed by atoms with E-state index < -0.39 is 0 Å². The molecule has 0 aliphatic carbocycles. The Morgan fingerprint density at radius 2 is 0.960 bits per heavy atom. The summed E-state index contributed by atoms with van der Waals surface area (Å²) >= 11 is 0. The summed E-state index contributed by atoms with van der Waals surface area (Å²) in [7, 11) is 2.17. The Balaban J connectivity index is 2.24. The molecule has 0 spiro atoms. The summed E-state index contributed by atoms with van der Waals surface area (Å²) in [4.78, 5) is 2.33. The van der Waals surface area contributed by atoms with E-state index >= 15 is 0 Å². The van der Waals surface area contributed by atoms with Crippen LogP contribution >= 0.6 is 0 Å². The average Bonchev–Trinajstić information content (AvgIpc) is 2.92. The van der Waals surface area contributed by atoms with Gasteiger partial charge in [-0.25, -0.2) is 0 Å². The highest BCUT2D eigenvalue weighted by molar-refractivity contribution is 5.74. The first-order chi connectivity index (χ1) is 11.6. The topological polar surface area (TPSA) is 12.5 Å². The number of nitrogens with zero attached hydrogens (tertiary/aromatic N) is 1. The maximum Gasteiger partial charge on any atom is 0.199 e. The monoisotopic (exact) mass is 337 g/mol. The molecule has 1 unspecified atom stereocenters. The molecular weight excluding hydrogens is 306 g/mol. The SMILES string of the molecule is Cc1c(C)c(C)c(C2Oc3c(C)c(C)c(C)c(C)c3N2C)c(C)c1C. The maximum atomic E-state index is 6.59. The fraction of sp³-hybridized carbons (Fsp3) is 0.478. The molecule has 0 fully saturated rings. The standard InChI is InChI=1S/C23H31NO/c1-11-12(2)16(6)20(17(7)13(11)3)23-24(10)21-18(8)14(4)15(5)19(9)22(21)25-23/h23H,1-10H3. The maximum absolute atomic E-state index is 6.59. The van der Waals surface area contributed by atoms with Crippen molar-refractivity contribution >= 4 is 5.69 Å². The highest BCUT2D eigenvalue weighted by Crippen LogP contribution is 2.50. The van der Waals surface area contributed by atoms with Crippen LogP contribution in [-0.2, 0) is 0 Å². The molecule has 2 aromatic rings. The molecule has 0 saturated heterocycles. The molecule has 3 rings (SSSR count). The largest absolute Gasteiger partial charge is 0.464 e. The molecule has 25 heavy (non-hydrogen) atoms. The van der Waals surface area contributed by atoms with Crippen LogP contribution in [0.2, 0.25) is 0 Å². The molecule has 0 bridgehead atoms. The first kappa shape index (κ1) is 17.8. The van der Waals surface area contributed by atoms with Crippen molar-refractivity contribution in [1.82, 2.24) is 0 Å². The van der Waals surface area contributed by atoms with E-state index in [0.717, 1.165) is 5.75 Å². The quantitative estimate of drug-likeness (QED) is 0.634. The molecule has 1 aliphatic heterocycles. The van der Waals surface area contributed by atoms with E-state index in [0.29, 0.717) is 0 Å². The summed E-state index contributed by atoms with van der Waals surface area (Å²) < 4.78 is 6.59. The lowest BCUT2D eigenvalue weighted by molar-refractivity contribution is 0.232. The zero-order valence-corrected chi connectivity index (χ0v) is 17.4. The van der Waals surface area contributed by atoms with Gasteiger partial charge in [0, 0.05) is 12.6 Å². The van der Waals surface area contributed by atoms with Gasteiger partial charge in [0.25, 0.3) is 0 Å². The van der Waals surface area contributed by atoms with Crippen LogP contribution < -0.4 is 9.64 Å². The Bertz CT molecular complexity index is 863. The van der Waals surface area contributed by atoms with E-state index in [4.69, 9.17) is 4.74 Å². The van der Waals surface area contributed by atoms with Crippen molar-refractivity contribution in [1.29, 1.82) is 0 Å². The van der Waals surface area contributed by atoms with Gasteiger partial charge in [-0.2, -0.15) is 0 Å². The zero-order valence-electron chi connectivity index (χ0n) is 17.4.